The summed E-state index contributed by atoms with van der Waals surface area (Å²) >= 11 is 0. The molecule has 0 aliphatic heterocycles. The van der Waals surface area contributed by atoms with Gasteiger partial charge in [0.15, 0.2) is 0 Å². The monoisotopic (exact) mass is 237 g/mol. The average molecular weight is 237 g/mol. The first-order chi connectivity index (χ1) is 8.83. The standard InChI is InChI=1S/C13H11N5/c1-10-4-6-15-13(17-10)18-9-12(8-16-18)11-3-2-5-14-7-11/h2-9H,1H3. The van der Waals surface area contributed by atoms with Gasteiger partial charge in [0.2, 0.25) is 0 Å². The van der Waals surface area contributed by atoms with Crippen LogP contribution in [0.15, 0.2) is 49.2 Å². The summed E-state index contributed by atoms with van der Waals surface area (Å²) in [5.74, 6) is 0.574. The molecule has 3 rings (SSSR count). The van der Waals surface area contributed by atoms with Gasteiger partial charge in [0.1, 0.15) is 0 Å². The lowest BCUT2D eigenvalue weighted by molar-refractivity contribution is 0.801. The van der Waals surface area contributed by atoms with Gasteiger partial charge in [0, 0.05) is 41.6 Å². The Morgan fingerprint density at radius 2 is 2.00 bits per heavy atom. The summed E-state index contributed by atoms with van der Waals surface area (Å²) in [5.41, 5.74) is 2.93. The van der Waals surface area contributed by atoms with Gasteiger partial charge < -0.3 is 0 Å². The van der Waals surface area contributed by atoms with E-state index in [9.17, 15) is 0 Å². The fourth-order valence-corrected chi connectivity index (χ4v) is 1.66. The highest BCUT2D eigenvalue weighted by atomic mass is 15.3. The van der Waals surface area contributed by atoms with Crippen molar-refractivity contribution in [3.05, 3.63) is 54.9 Å². The summed E-state index contributed by atoms with van der Waals surface area (Å²) in [5, 5.41) is 4.27. The van der Waals surface area contributed by atoms with E-state index in [4.69, 9.17) is 0 Å². The van der Waals surface area contributed by atoms with Gasteiger partial charge in [-0.15, -0.1) is 0 Å². The number of rotatable bonds is 2. The zero-order chi connectivity index (χ0) is 12.4. The molecule has 0 aliphatic carbocycles. The number of nitrogens with zero attached hydrogens (tertiary/aromatic N) is 5. The van der Waals surface area contributed by atoms with Crippen LogP contribution >= 0.6 is 0 Å². The molecule has 0 unspecified atom stereocenters. The summed E-state index contributed by atoms with van der Waals surface area (Å²) in [6.45, 7) is 1.93. The maximum atomic E-state index is 4.32. The molecule has 0 radical (unpaired) electrons. The second kappa shape index (κ2) is 4.37. The van der Waals surface area contributed by atoms with E-state index in [0.29, 0.717) is 5.95 Å². The van der Waals surface area contributed by atoms with E-state index in [0.717, 1.165) is 16.8 Å². The van der Waals surface area contributed by atoms with E-state index in [-0.39, 0.29) is 0 Å². The molecule has 0 atom stereocenters. The zero-order valence-electron chi connectivity index (χ0n) is 9.85. The van der Waals surface area contributed by atoms with Gasteiger partial charge in [-0.2, -0.15) is 5.10 Å². The lowest BCUT2D eigenvalue weighted by Gasteiger charge is -1.99. The Morgan fingerprint density at radius 1 is 1.06 bits per heavy atom. The largest absolute Gasteiger partial charge is 0.264 e. The molecule has 88 valence electrons. The SMILES string of the molecule is Cc1ccnc(-n2cc(-c3cccnc3)cn2)n1. The minimum Gasteiger partial charge on any atom is -0.264 e. The van der Waals surface area contributed by atoms with Crippen LogP contribution in [0.2, 0.25) is 0 Å². The van der Waals surface area contributed by atoms with Crippen LogP contribution < -0.4 is 0 Å². The number of hydrogen-bond donors (Lipinski definition) is 0. The lowest BCUT2D eigenvalue weighted by atomic mass is 10.2. The van der Waals surface area contributed by atoms with Gasteiger partial charge >= 0.3 is 0 Å². The van der Waals surface area contributed by atoms with Crippen LogP contribution in [0.1, 0.15) is 5.69 Å². The maximum absolute atomic E-state index is 4.32. The minimum atomic E-state index is 0.574. The molecule has 3 aromatic heterocycles. The quantitative estimate of drug-likeness (QED) is 0.684. The van der Waals surface area contributed by atoms with E-state index in [1.54, 1.807) is 29.5 Å². The van der Waals surface area contributed by atoms with Crippen LogP contribution in [-0.2, 0) is 0 Å². The third kappa shape index (κ3) is 1.98. The Hall–Kier alpha value is -2.56. The smallest absolute Gasteiger partial charge is 0.250 e. The van der Waals surface area contributed by atoms with Crippen molar-refractivity contribution in [2.24, 2.45) is 0 Å². The predicted octanol–water partition coefficient (Wildman–Crippen LogP) is 2.03. The first-order valence-corrected chi connectivity index (χ1v) is 5.58. The van der Waals surface area contributed by atoms with Crippen LogP contribution in [0.5, 0.6) is 0 Å². The Morgan fingerprint density at radius 3 is 2.78 bits per heavy atom. The van der Waals surface area contributed by atoms with Gasteiger partial charge in [0.25, 0.3) is 5.95 Å². The predicted molar refractivity (Wildman–Crippen MR) is 67.1 cm³/mol. The second-order valence-corrected chi connectivity index (χ2v) is 3.91. The minimum absolute atomic E-state index is 0.574. The van der Waals surface area contributed by atoms with Crippen molar-refractivity contribution in [2.75, 3.05) is 0 Å². The summed E-state index contributed by atoms with van der Waals surface area (Å²) in [6.07, 6.45) is 8.95. The Balaban J connectivity index is 2.00. The van der Waals surface area contributed by atoms with Crippen molar-refractivity contribution in [3.63, 3.8) is 0 Å². The van der Waals surface area contributed by atoms with Gasteiger partial charge in [0.05, 0.1) is 6.20 Å². The van der Waals surface area contributed by atoms with Gasteiger partial charge in [-0.05, 0) is 19.1 Å². The molecule has 0 saturated heterocycles. The number of pyridine rings is 1. The van der Waals surface area contributed by atoms with Crippen LogP contribution in [0.25, 0.3) is 17.1 Å². The van der Waals surface area contributed by atoms with Crippen molar-refractivity contribution < 1.29 is 0 Å². The van der Waals surface area contributed by atoms with Crippen molar-refractivity contribution in [2.45, 2.75) is 6.92 Å². The molecule has 3 aromatic rings. The molecule has 0 saturated carbocycles. The van der Waals surface area contributed by atoms with Crippen LogP contribution in [0.3, 0.4) is 0 Å². The highest BCUT2D eigenvalue weighted by Crippen LogP contribution is 2.17. The molecule has 0 amide bonds. The molecule has 0 N–H and O–H groups in total. The highest BCUT2D eigenvalue weighted by Gasteiger charge is 2.05. The van der Waals surface area contributed by atoms with Crippen molar-refractivity contribution in [3.8, 4) is 17.1 Å². The molecule has 0 fully saturated rings. The van der Waals surface area contributed by atoms with Crippen LogP contribution in [-0.4, -0.2) is 24.7 Å². The highest BCUT2D eigenvalue weighted by molar-refractivity contribution is 5.60. The number of aromatic nitrogens is 5. The van der Waals surface area contributed by atoms with Gasteiger partial charge in [-0.3, -0.25) is 4.98 Å². The fourth-order valence-electron chi connectivity index (χ4n) is 1.66. The Kier molecular flexibility index (Phi) is 2.57. The molecular formula is C13H11N5. The number of aryl methyl sites for hydroxylation is 1. The molecule has 0 aliphatic rings. The Bertz CT molecular complexity index is 660. The van der Waals surface area contributed by atoms with Gasteiger partial charge in [-0.1, -0.05) is 6.07 Å². The summed E-state index contributed by atoms with van der Waals surface area (Å²) in [4.78, 5) is 12.6. The zero-order valence-corrected chi connectivity index (χ0v) is 9.85. The summed E-state index contributed by atoms with van der Waals surface area (Å²) < 4.78 is 1.66. The normalized spacial score (nSPS) is 10.5. The molecule has 3 heterocycles. The van der Waals surface area contributed by atoms with E-state index >= 15 is 0 Å². The third-order valence-corrected chi connectivity index (χ3v) is 2.56. The third-order valence-electron chi connectivity index (χ3n) is 2.56. The van der Waals surface area contributed by atoms with Gasteiger partial charge in [-0.25, -0.2) is 14.6 Å². The fraction of sp³-hybridized carbons (Fsp3) is 0.0769. The molecule has 0 bridgehead atoms. The van der Waals surface area contributed by atoms with E-state index in [1.165, 1.54) is 0 Å². The lowest BCUT2D eigenvalue weighted by Crippen LogP contribution is -2.01. The number of hydrogen-bond acceptors (Lipinski definition) is 4. The van der Waals surface area contributed by atoms with E-state index in [1.807, 2.05) is 31.3 Å². The molecule has 0 aromatic carbocycles. The summed E-state index contributed by atoms with van der Waals surface area (Å²) in [6, 6.07) is 5.75. The molecule has 0 spiro atoms. The van der Waals surface area contributed by atoms with Crippen molar-refractivity contribution >= 4 is 0 Å². The molecule has 18 heavy (non-hydrogen) atoms. The molecule has 5 heteroatoms. The average Bonchev–Trinajstić information content (AvgIpc) is 2.89. The molecule has 5 nitrogen and oxygen atoms in total. The first-order valence-electron chi connectivity index (χ1n) is 5.58. The topological polar surface area (TPSA) is 56.5 Å². The van der Waals surface area contributed by atoms with Crippen LogP contribution in [0.4, 0.5) is 0 Å². The van der Waals surface area contributed by atoms with E-state index < -0.39 is 0 Å². The first kappa shape index (κ1) is 10.6. The maximum Gasteiger partial charge on any atom is 0.250 e. The second-order valence-electron chi connectivity index (χ2n) is 3.91. The van der Waals surface area contributed by atoms with Crippen molar-refractivity contribution in [1.29, 1.82) is 0 Å². The Labute approximate surface area is 104 Å². The molecular weight excluding hydrogens is 226 g/mol. The van der Waals surface area contributed by atoms with E-state index in [2.05, 4.69) is 20.1 Å². The summed E-state index contributed by atoms with van der Waals surface area (Å²) in [7, 11) is 0. The van der Waals surface area contributed by atoms with Crippen molar-refractivity contribution in [1.82, 2.24) is 24.7 Å². The van der Waals surface area contributed by atoms with Crippen LogP contribution in [0, 0.1) is 6.92 Å².